The number of imidazole rings is 1. The van der Waals surface area contributed by atoms with Crippen molar-refractivity contribution in [3.8, 4) is 5.75 Å². The van der Waals surface area contributed by atoms with Gasteiger partial charge < -0.3 is 29.7 Å². The molecule has 0 unspecified atom stereocenters. The zero-order valence-corrected chi connectivity index (χ0v) is 24.5. The van der Waals surface area contributed by atoms with Crippen LogP contribution in [0, 0.1) is 0 Å². The summed E-state index contributed by atoms with van der Waals surface area (Å²) in [7, 11) is 1.57. The number of rotatable bonds is 9. The summed E-state index contributed by atoms with van der Waals surface area (Å²) in [4.78, 5) is 30.4. The number of aryl methyl sites for hydroxylation is 1. The number of ether oxygens (including phenoxy) is 2. The van der Waals surface area contributed by atoms with Crippen LogP contribution < -0.4 is 21.3 Å². The predicted molar refractivity (Wildman–Crippen MR) is 161 cm³/mol. The average Bonchev–Trinajstić information content (AvgIpc) is 3.33. The fraction of sp³-hybridized carbons (Fsp3) is 0.233. The molecule has 0 amide bonds. The van der Waals surface area contributed by atoms with E-state index >= 15 is 0 Å². The van der Waals surface area contributed by atoms with Crippen LogP contribution in [0.3, 0.4) is 0 Å². The summed E-state index contributed by atoms with van der Waals surface area (Å²) in [6.07, 6.45) is 3.73. The molecule has 232 valence electrons. The lowest BCUT2D eigenvalue weighted by molar-refractivity contribution is -0.138. The molecule has 11 nitrogen and oxygen atoms in total. The van der Waals surface area contributed by atoms with Crippen molar-refractivity contribution < 1.29 is 22.6 Å². The van der Waals surface area contributed by atoms with E-state index in [-0.39, 0.29) is 40.4 Å². The average molecular weight is 639 g/mol. The standard InChI is InChI=1S/C30H26ClF3N8O3/c1-41-26-25(31)24(45-23(12-35)20-13-36-9-10-37-20)14-38-27(26)40-29(41)39-19-11-18(30(32,33)34)15-42(28(19)43)21-7-8-22(21)44-16-17-5-3-2-4-6-17/h2-6,9-15,21-22H,7-8,16,35H2,1H3,(H,38,39,40)/b23-12+/t21-,22-/m0/s1. The Kier molecular flexibility index (Phi) is 8.16. The predicted octanol–water partition coefficient (Wildman–Crippen LogP) is 5.59. The fourth-order valence-corrected chi connectivity index (χ4v) is 5.27. The Morgan fingerprint density at radius 1 is 1.18 bits per heavy atom. The highest BCUT2D eigenvalue weighted by atomic mass is 35.5. The SMILES string of the molecule is Cn1c(Nc2cc(C(F)(F)F)cn([C@H]3CC[C@@H]3OCc3ccccc3)c2=O)nc2ncc(O/C(=C/N)c3cnccn3)c(Cl)c21. The van der Waals surface area contributed by atoms with Crippen molar-refractivity contribution in [1.29, 1.82) is 0 Å². The zero-order chi connectivity index (χ0) is 31.7. The van der Waals surface area contributed by atoms with Crippen LogP contribution in [0.4, 0.5) is 24.8 Å². The van der Waals surface area contributed by atoms with Crippen LogP contribution in [-0.4, -0.2) is 35.2 Å². The van der Waals surface area contributed by atoms with Gasteiger partial charge in [0.05, 0.1) is 36.7 Å². The zero-order valence-electron chi connectivity index (χ0n) is 23.7. The Balaban J connectivity index is 1.31. The monoisotopic (exact) mass is 638 g/mol. The number of benzene rings is 1. The second-order valence-corrected chi connectivity index (χ2v) is 10.7. The molecule has 45 heavy (non-hydrogen) atoms. The molecule has 4 heterocycles. The second-order valence-electron chi connectivity index (χ2n) is 10.3. The van der Waals surface area contributed by atoms with E-state index in [0.717, 1.165) is 22.4 Å². The van der Waals surface area contributed by atoms with Gasteiger partial charge in [-0.15, -0.1) is 0 Å². The molecule has 6 rings (SSSR count). The highest BCUT2D eigenvalue weighted by molar-refractivity contribution is 6.36. The summed E-state index contributed by atoms with van der Waals surface area (Å²) >= 11 is 6.67. The molecule has 0 aliphatic heterocycles. The summed E-state index contributed by atoms with van der Waals surface area (Å²) in [5.41, 5.74) is 5.50. The van der Waals surface area contributed by atoms with Gasteiger partial charge >= 0.3 is 6.18 Å². The van der Waals surface area contributed by atoms with Gasteiger partial charge in [0.15, 0.2) is 17.2 Å². The molecule has 15 heteroatoms. The number of nitrogens with one attached hydrogen (secondary N) is 1. The van der Waals surface area contributed by atoms with Crippen molar-refractivity contribution in [3.05, 3.63) is 106 Å². The molecular formula is C30H26ClF3N8O3. The molecule has 0 bridgehead atoms. The Bertz CT molecular complexity index is 1930. The maximum Gasteiger partial charge on any atom is 0.417 e. The fourth-order valence-electron chi connectivity index (χ4n) is 4.97. The quantitative estimate of drug-likeness (QED) is 0.198. The van der Waals surface area contributed by atoms with E-state index in [9.17, 15) is 18.0 Å². The maximum atomic E-state index is 14.0. The van der Waals surface area contributed by atoms with E-state index in [1.165, 1.54) is 35.6 Å². The normalized spacial score (nSPS) is 16.9. The van der Waals surface area contributed by atoms with Gasteiger partial charge in [0.1, 0.15) is 21.9 Å². The van der Waals surface area contributed by atoms with Gasteiger partial charge in [0, 0.05) is 31.8 Å². The van der Waals surface area contributed by atoms with Crippen molar-refractivity contribution in [2.75, 3.05) is 5.32 Å². The van der Waals surface area contributed by atoms with Crippen LogP contribution in [0.5, 0.6) is 5.75 Å². The molecular weight excluding hydrogens is 613 g/mol. The van der Waals surface area contributed by atoms with E-state index in [1.807, 2.05) is 30.3 Å². The first-order valence-corrected chi connectivity index (χ1v) is 14.1. The molecule has 1 aliphatic carbocycles. The molecule has 1 fully saturated rings. The number of hydrogen-bond acceptors (Lipinski definition) is 9. The molecule has 3 N–H and O–H groups in total. The molecule has 2 atom stereocenters. The topological polar surface area (TPSA) is 135 Å². The van der Waals surface area contributed by atoms with Crippen LogP contribution in [0.2, 0.25) is 5.02 Å². The van der Waals surface area contributed by atoms with E-state index in [4.69, 9.17) is 26.8 Å². The Labute approximate surface area is 259 Å². The maximum absolute atomic E-state index is 14.0. The van der Waals surface area contributed by atoms with Gasteiger partial charge in [-0.2, -0.15) is 18.2 Å². The number of fused-ring (bicyclic) bond motifs is 1. The number of nitrogens with zero attached hydrogens (tertiary/aromatic N) is 6. The highest BCUT2D eigenvalue weighted by Crippen LogP contribution is 2.38. The molecule has 1 aliphatic rings. The molecule has 4 aromatic heterocycles. The molecule has 1 saturated carbocycles. The van der Waals surface area contributed by atoms with Gasteiger partial charge in [0.2, 0.25) is 5.95 Å². The lowest BCUT2D eigenvalue weighted by atomic mass is 9.88. The largest absolute Gasteiger partial charge is 0.450 e. The Morgan fingerprint density at radius 2 is 1.98 bits per heavy atom. The minimum absolute atomic E-state index is 0.0357. The van der Waals surface area contributed by atoms with E-state index < -0.39 is 29.4 Å². The van der Waals surface area contributed by atoms with Gasteiger partial charge in [-0.3, -0.25) is 9.78 Å². The first kappa shape index (κ1) is 30.1. The van der Waals surface area contributed by atoms with Crippen LogP contribution in [0.1, 0.15) is 35.7 Å². The summed E-state index contributed by atoms with van der Waals surface area (Å²) in [5, 5.41) is 2.87. The van der Waals surface area contributed by atoms with E-state index in [2.05, 4.69) is 25.3 Å². The Hall–Kier alpha value is -4.95. The van der Waals surface area contributed by atoms with Crippen LogP contribution >= 0.6 is 11.6 Å². The Morgan fingerprint density at radius 3 is 2.64 bits per heavy atom. The lowest BCUT2D eigenvalue weighted by Gasteiger charge is -2.38. The summed E-state index contributed by atoms with van der Waals surface area (Å²) in [6.45, 7) is 0.279. The van der Waals surface area contributed by atoms with Crippen molar-refractivity contribution in [2.45, 2.75) is 37.8 Å². The number of anilines is 2. The number of hydrogen-bond donors (Lipinski definition) is 2. The molecule has 1 aromatic carbocycles. The first-order valence-electron chi connectivity index (χ1n) is 13.8. The second kappa shape index (κ2) is 12.2. The minimum Gasteiger partial charge on any atom is -0.450 e. The van der Waals surface area contributed by atoms with Crippen molar-refractivity contribution in [1.82, 2.24) is 29.1 Å². The van der Waals surface area contributed by atoms with E-state index in [1.54, 1.807) is 7.05 Å². The summed E-state index contributed by atoms with van der Waals surface area (Å²) in [6, 6.07) is 9.61. The third-order valence-corrected chi connectivity index (χ3v) is 7.81. The highest BCUT2D eigenvalue weighted by Gasteiger charge is 2.38. The lowest BCUT2D eigenvalue weighted by Crippen LogP contribution is -2.41. The smallest absolute Gasteiger partial charge is 0.417 e. The van der Waals surface area contributed by atoms with Crippen molar-refractivity contribution in [2.24, 2.45) is 12.8 Å². The van der Waals surface area contributed by atoms with E-state index in [0.29, 0.717) is 24.1 Å². The first-order chi connectivity index (χ1) is 21.6. The van der Waals surface area contributed by atoms with Gasteiger partial charge in [0.25, 0.3) is 5.56 Å². The number of pyridine rings is 2. The van der Waals surface area contributed by atoms with Crippen LogP contribution in [-0.2, 0) is 24.6 Å². The number of halogens is 4. The van der Waals surface area contributed by atoms with Gasteiger partial charge in [-0.05, 0) is 24.5 Å². The van der Waals surface area contributed by atoms with Crippen LogP contribution in [0.25, 0.3) is 16.9 Å². The van der Waals surface area contributed by atoms with Gasteiger partial charge in [-0.25, -0.2) is 9.97 Å². The van der Waals surface area contributed by atoms with Crippen LogP contribution in [0.15, 0.2) is 78.4 Å². The van der Waals surface area contributed by atoms with Gasteiger partial charge in [-0.1, -0.05) is 41.9 Å². The molecule has 0 spiro atoms. The minimum atomic E-state index is -4.71. The summed E-state index contributed by atoms with van der Waals surface area (Å²) in [5.74, 6) is 0.320. The van der Waals surface area contributed by atoms with Crippen molar-refractivity contribution in [3.63, 3.8) is 0 Å². The number of alkyl halides is 3. The molecule has 0 radical (unpaired) electrons. The number of aromatic nitrogens is 6. The molecule has 5 aromatic rings. The summed E-state index contributed by atoms with van der Waals surface area (Å²) < 4.78 is 56.4. The number of nitrogens with two attached hydrogens (primary N) is 1. The third-order valence-electron chi connectivity index (χ3n) is 7.45. The van der Waals surface area contributed by atoms with Crippen molar-refractivity contribution >= 4 is 40.2 Å². The molecule has 0 saturated heterocycles. The third kappa shape index (κ3) is 6.06.